The molecule has 1 heterocycles. The summed E-state index contributed by atoms with van der Waals surface area (Å²) in [5.74, 6) is 0.958. The van der Waals surface area contributed by atoms with E-state index in [2.05, 4.69) is 17.2 Å². The van der Waals surface area contributed by atoms with Crippen molar-refractivity contribution in [3.8, 4) is 0 Å². The van der Waals surface area contributed by atoms with Crippen LogP contribution in [0.2, 0.25) is 0 Å². The van der Waals surface area contributed by atoms with Crippen LogP contribution in [-0.4, -0.2) is 15.9 Å². The highest BCUT2D eigenvalue weighted by molar-refractivity contribution is 5.56. The van der Waals surface area contributed by atoms with Crippen LogP contribution in [0.1, 0.15) is 38.3 Å². The molecule has 0 amide bonds. The first kappa shape index (κ1) is 12.8. The maximum Gasteiger partial charge on any atom is 0.311 e. The molecule has 1 aliphatic carbocycles. The molecule has 1 aromatic rings. The van der Waals surface area contributed by atoms with E-state index >= 15 is 0 Å². The molecule has 0 aromatic carbocycles. The molecule has 0 radical (unpaired) electrons. The molecule has 0 aliphatic heterocycles. The van der Waals surface area contributed by atoms with E-state index in [1.807, 2.05) is 6.92 Å². The first-order valence-electron chi connectivity index (χ1n) is 6.46. The number of nitro groups is 1. The molecule has 18 heavy (non-hydrogen) atoms. The largest absolute Gasteiger partial charge is 0.361 e. The van der Waals surface area contributed by atoms with Crippen LogP contribution in [0.4, 0.5) is 11.5 Å². The van der Waals surface area contributed by atoms with Gasteiger partial charge in [-0.2, -0.15) is 0 Å². The topological polar surface area (TPSA) is 68.1 Å². The molecule has 0 bridgehead atoms. The Morgan fingerprint density at radius 3 is 2.78 bits per heavy atom. The molecular weight excluding hydrogens is 230 g/mol. The third-order valence-electron chi connectivity index (χ3n) is 3.64. The summed E-state index contributed by atoms with van der Waals surface area (Å²) >= 11 is 0. The highest BCUT2D eigenvalue weighted by atomic mass is 16.6. The summed E-state index contributed by atoms with van der Waals surface area (Å²) in [4.78, 5) is 14.9. The van der Waals surface area contributed by atoms with Gasteiger partial charge in [-0.15, -0.1) is 0 Å². The van der Waals surface area contributed by atoms with Crippen molar-refractivity contribution in [2.75, 3.05) is 5.32 Å². The van der Waals surface area contributed by atoms with Crippen LogP contribution in [-0.2, 0) is 0 Å². The van der Waals surface area contributed by atoms with Gasteiger partial charge in [0.1, 0.15) is 0 Å². The molecule has 5 heteroatoms. The zero-order valence-electron chi connectivity index (χ0n) is 10.8. The van der Waals surface area contributed by atoms with E-state index < -0.39 is 0 Å². The minimum absolute atomic E-state index is 0.0679. The maximum atomic E-state index is 11.0. The first-order valence-corrected chi connectivity index (χ1v) is 6.46. The second-order valence-electron chi connectivity index (χ2n) is 5.09. The Bertz CT molecular complexity index is 448. The monoisotopic (exact) mass is 249 g/mol. The summed E-state index contributed by atoms with van der Waals surface area (Å²) in [6.45, 7) is 4.04. The van der Waals surface area contributed by atoms with Gasteiger partial charge >= 0.3 is 5.69 Å². The molecule has 1 saturated carbocycles. The summed E-state index contributed by atoms with van der Waals surface area (Å²) in [5, 5.41) is 14.3. The smallest absolute Gasteiger partial charge is 0.311 e. The Morgan fingerprint density at radius 2 is 2.11 bits per heavy atom. The molecule has 1 N–H and O–H groups in total. The summed E-state index contributed by atoms with van der Waals surface area (Å²) in [6.07, 6.45) is 4.68. The Kier molecular flexibility index (Phi) is 3.79. The molecule has 2 atom stereocenters. The SMILES string of the molecule is Cc1ccc([N+](=O)[O-])c(NC2CCCCC2C)n1. The highest BCUT2D eigenvalue weighted by Gasteiger charge is 2.24. The van der Waals surface area contributed by atoms with Crippen molar-refractivity contribution in [1.82, 2.24) is 4.98 Å². The number of nitrogens with one attached hydrogen (secondary N) is 1. The van der Waals surface area contributed by atoms with Gasteiger partial charge in [0.05, 0.1) is 4.92 Å². The lowest BCUT2D eigenvalue weighted by Crippen LogP contribution is -2.31. The highest BCUT2D eigenvalue weighted by Crippen LogP contribution is 2.29. The van der Waals surface area contributed by atoms with Crippen molar-refractivity contribution in [1.29, 1.82) is 0 Å². The lowest BCUT2D eigenvalue weighted by Gasteiger charge is -2.29. The van der Waals surface area contributed by atoms with E-state index in [0.29, 0.717) is 17.8 Å². The van der Waals surface area contributed by atoms with Gasteiger partial charge < -0.3 is 5.32 Å². The van der Waals surface area contributed by atoms with Crippen LogP contribution in [0.25, 0.3) is 0 Å². The second-order valence-corrected chi connectivity index (χ2v) is 5.09. The Balaban J connectivity index is 2.21. The molecule has 1 aromatic heterocycles. The van der Waals surface area contributed by atoms with Crippen LogP contribution >= 0.6 is 0 Å². The van der Waals surface area contributed by atoms with Gasteiger partial charge in [-0.25, -0.2) is 4.98 Å². The van der Waals surface area contributed by atoms with E-state index in [4.69, 9.17) is 0 Å². The predicted molar refractivity (Wildman–Crippen MR) is 70.7 cm³/mol. The zero-order valence-corrected chi connectivity index (χ0v) is 10.8. The van der Waals surface area contributed by atoms with E-state index in [1.165, 1.54) is 25.3 Å². The molecular formula is C13H19N3O2. The lowest BCUT2D eigenvalue weighted by atomic mass is 9.86. The van der Waals surface area contributed by atoms with Crippen molar-refractivity contribution in [3.63, 3.8) is 0 Å². The average molecular weight is 249 g/mol. The number of hydrogen-bond acceptors (Lipinski definition) is 4. The number of hydrogen-bond donors (Lipinski definition) is 1. The minimum Gasteiger partial charge on any atom is -0.361 e. The first-order chi connectivity index (χ1) is 8.58. The van der Waals surface area contributed by atoms with Crippen LogP contribution in [0.5, 0.6) is 0 Å². The number of nitrogens with zero attached hydrogens (tertiary/aromatic N) is 2. The quantitative estimate of drug-likeness (QED) is 0.659. The van der Waals surface area contributed by atoms with Crippen molar-refractivity contribution in [3.05, 3.63) is 27.9 Å². The minimum atomic E-state index is -0.373. The van der Waals surface area contributed by atoms with Crippen LogP contribution in [0.3, 0.4) is 0 Å². The normalized spacial score (nSPS) is 23.7. The third-order valence-corrected chi connectivity index (χ3v) is 3.64. The van der Waals surface area contributed by atoms with Gasteiger partial charge in [-0.1, -0.05) is 19.8 Å². The predicted octanol–water partition coefficient (Wildman–Crippen LogP) is 3.29. The van der Waals surface area contributed by atoms with Gasteiger partial charge in [0.15, 0.2) is 0 Å². The van der Waals surface area contributed by atoms with Gasteiger partial charge in [0, 0.05) is 17.8 Å². The summed E-state index contributed by atoms with van der Waals surface area (Å²) in [6, 6.07) is 3.50. The fraction of sp³-hybridized carbons (Fsp3) is 0.615. The average Bonchev–Trinajstić information content (AvgIpc) is 2.32. The number of pyridine rings is 1. The molecule has 1 fully saturated rings. The Labute approximate surface area is 107 Å². The van der Waals surface area contributed by atoms with E-state index in [9.17, 15) is 10.1 Å². The van der Waals surface area contributed by atoms with Crippen LogP contribution in [0, 0.1) is 23.0 Å². The lowest BCUT2D eigenvalue weighted by molar-refractivity contribution is -0.384. The second kappa shape index (κ2) is 5.33. The van der Waals surface area contributed by atoms with Crippen LogP contribution in [0.15, 0.2) is 12.1 Å². The Hall–Kier alpha value is -1.65. The number of aromatic nitrogens is 1. The number of anilines is 1. The number of aryl methyl sites for hydroxylation is 1. The van der Waals surface area contributed by atoms with Crippen molar-refractivity contribution < 1.29 is 4.92 Å². The fourth-order valence-corrected chi connectivity index (χ4v) is 2.51. The van der Waals surface area contributed by atoms with Gasteiger partial charge in [0.25, 0.3) is 0 Å². The molecule has 5 nitrogen and oxygen atoms in total. The fourth-order valence-electron chi connectivity index (χ4n) is 2.51. The van der Waals surface area contributed by atoms with Gasteiger partial charge in [-0.3, -0.25) is 10.1 Å². The third kappa shape index (κ3) is 2.78. The van der Waals surface area contributed by atoms with Crippen LogP contribution < -0.4 is 5.32 Å². The summed E-state index contributed by atoms with van der Waals surface area (Å²) in [5.41, 5.74) is 0.866. The molecule has 2 unspecified atom stereocenters. The number of rotatable bonds is 3. The zero-order chi connectivity index (χ0) is 13.1. The van der Waals surface area contributed by atoms with Gasteiger partial charge in [-0.05, 0) is 31.7 Å². The Morgan fingerprint density at radius 1 is 1.39 bits per heavy atom. The molecule has 1 aliphatic rings. The molecule has 98 valence electrons. The standard InChI is InChI=1S/C13H19N3O2/c1-9-5-3-4-6-11(9)15-13-12(16(17)18)8-7-10(2)14-13/h7-9,11H,3-6H2,1-2H3,(H,14,15). The van der Waals surface area contributed by atoms with Crippen molar-refractivity contribution in [2.45, 2.75) is 45.6 Å². The summed E-state index contributed by atoms with van der Waals surface area (Å²) < 4.78 is 0. The maximum absolute atomic E-state index is 11.0. The summed E-state index contributed by atoms with van der Waals surface area (Å²) in [7, 11) is 0. The molecule has 0 spiro atoms. The van der Waals surface area contributed by atoms with Gasteiger partial charge in [0.2, 0.25) is 5.82 Å². The van der Waals surface area contributed by atoms with E-state index in [1.54, 1.807) is 6.07 Å². The molecule has 2 rings (SSSR count). The van der Waals surface area contributed by atoms with E-state index in [0.717, 1.165) is 12.1 Å². The van der Waals surface area contributed by atoms with Crippen molar-refractivity contribution in [2.24, 2.45) is 5.92 Å². The van der Waals surface area contributed by atoms with Crippen molar-refractivity contribution >= 4 is 11.5 Å². The van der Waals surface area contributed by atoms with E-state index in [-0.39, 0.29) is 10.6 Å². The molecule has 0 saturated heterocycles.